The van der Waals surface area contributed by atoms with Gasteiger partial charge in [-0.2, -0.15) is 0 Å². The number of halogens is 1. The Hall–Kier alpha value is -1.28. The first-order valence-electron chi connectivity index (χ1n) is 7.47. The van der Waals surface area contributed by atoms with Gasteiger partial charge in [-0.25, -0.2) is 4.98 Å². The summed E-state index contributed by atoms with van der Waals surface area (Å²) >= 11 is 4.98. The maximum atomic E-state index is 12.3. The zero-order valence-electron chi connectivity index (χ0n) is 12.7. The monoisotopic (exact) mass is 395 g/mol. The molecule has 0 bridgehead atoms. The fraction of sp³-hybridized carbons (Fsp3) is 0.375. The van der Waals surface area contributed by atoms with Crippen molar-refractivity contribution in [2.45, 2.75) is 25.5 Å². The molecule has 1 amide bonds. The van der Waals surface area contributed by atoms with E-state index in [1.807, 2.05) is 25.3 Å². The number of thiazole rings is 1. The van der Waals surface area contributed by atoms with Crippen LogP contribution in [0.15, 0.2) is 34.9 Å². The van der Waals surface area contributed by atoms with E-state index in [0.29, 0.717) is 18.3 Å². The number of ether oxygens (including phenoxy) is 1. The number of hydrogen-bond donors (Lipinski definition) is 2. The van der Waals surface area contributed by atoms with Gasteiger partial charge in [-0.1, -0.05) is 28.1 Å². The Morgan fingerprint density at radius 1 is 1.57 bits per heavy atom. The lowest BCUT2D eigenvalue weighted by molar-refractivity contribution is -0.123. The second kappa shape index (κ2) is 7.53. The second-order valence-electron chi connectivity index (χ2n) is 5.44. The van der Waals surface area contributed by atoms with Crippen molar-refractivity contribution in [1.29, 1.82) is 0 Å². The van der Waals surface area contributed by atoms with Gasteiger partial charge in [0, 0.05) is 28.5 Å². The van der Waals surface area contributed by atoms with E-state index in [0.717, 1.165) is 15.8 Å². The summed E-state index contributed by atoms with van der Waals surface area (Å²) in [5, 5.41) is 6.68. The molecule has 0 saturated carbocycles. The van der Waals surface area contributed by atoms with E-state index in [9.17, 15) is 4.79 Å². The lowest BCUT2D eigenvalue weighted by atomic mass is 10.1. The van der Waals surface area contributed by atoms with Crippen LogP contribution in [0.1, 0.15) is 17.4 Å². The molecule has 1 aromatic heterocycles. The Kier molecular flexibility index (Phi) is 5.42. The summed E-state index contributed by atoms with van der Waals surface area (Å²) in [5.41, 5.74) is 1.21. The van der Waals surface area contributed by atoms with Gasteiger partial charge in [-0.3, -0.25) is 4.79 Å². The molecule has 0 spiro atoms. The van der Waals surface area contributed by atoms with Gasteiger partial charge >= 0.3 is 0 Å². The van der Waals surface area contributed by atoms with E-state index >= 15 is 0 Å². The summed E-state index contributed by atoms with van der Waals surface area (Å²) in [7, 11) is 0. The predicted molar refractivity (Wildman–Crippen MR) is 94.9 cm³/mol. The van der Waals surface area contributed by atoms with Crippen molar-refractivity contribution in [3.8, 4) is 0 Å². The predicted octanol–water partition coefficient (Wildman–Crippen LogP) is 2.81. The molecule has 2 atom stereocenters. The Bertz CT molecular complexity index is 691. The lowest BCUT2D eigenvalue weighted by Crippen LogP contribution is -2.53. The summed E-state index contributed by atoms with van der Waals surface area (Å²) < 4.78 is 6.56. The lowest BCUT2D eigenvalue weighted by Gasteiger charge is -2.28. The van der Waals surface area contributed by atoms with E-state index in [1.165, 1.54) is 16.9 Å². The fourth-order valence-corrected chi connectivity index (χ4v) is 3.80. The first kappa shape index (κ1) is 16.6. The molecule has 1 aliphatic heterocycles. The molecule has 122 valence electrons. The van der Waals surface area contributed by atoms with E-state index in [2.05, 4.69) is 43.7 Å². The zero-order valence-corrected chi connectivity index (χ0v) is 15.1. The Morgan fingerprint density at radius 2 is 2.43 bits per heavy atom. The summed E-state index contributed by atoms with van der Waals surface area (Å²) in [5.74, 6) is -0.0967. The van der Waals surface area contributed by atoms with E-state index in [1.54, 1.807) is 0 Å². The molecule has 0 radical (unpaired) electrons. The molecule has 1 saturated heterocycles. The van der Waals surface area contributed by atoms with Crippen LogP contribution in [0, 0.1) is 0 Å². The van der Waals surface area contributed by atoms with Gasteiger partial charge in [0.2, 0.25) is 5.91 Å². The summed E-state index contributed by atoms with van der Waals surface area (Å²) in [4.78, 5) is 17.7. The van der Waals surface area contributed by atoms with Crippen LogP contribution in [0.2, 0.25) is 0 Å². The smallest absolute Gasteiger partial charge is 0.245 e. The number of hydrogen-bond acceptors (Lipinski definition) is 5. The van der Waals surface area contributed by atoms with E-state index in [-0.39, 0.29) is 18.1 Å². The molecule has 1 aromatic carbocycles. The Labute approximate surface area is 147 Å². The average molecular weight is 396 g/mol. The van der Waals surface area contributed by atoms with Gasteiger partial charge in [0.05, 0.1) is 12.7 Å². The van der Waals surface area contributed by atoms with Crippen molar-refractivity contribution in [1.82, 2.24) is 10.3 Å². The van der Waals surface area contributed by atoms with Gasteiger partial charge in [-0.15, -0.1) is 11.3 Å². The van der Waals surface area contributed by atoms with Crippen molar-refractivity contribution in [2.75, 3.05) is 18.5 Å². The average Bonchev–Trinajstić information content (AvgIpc) is 2.94. The number of carbonyl (C=O) groups excluding carboxylic acids is 1. The molecule has 0 unspecified atom stereocenters. The molecule has 2 aromatic rings. The summed E-state index contributed by atoms with van der Waals surface area (Å²) in [6, 6.07) is 7.85. The molecular formula is C16H18BrN3O2S. The third-order valence-corrected chi connectivity index (χ3v) is 5.06. The molecule has 0 aliphatic carbocycles. The molecule has 1 aliphatic rings. The van der Waals surface area contributed by atoms with Crippen LogP contribution in [0.4, 0.5) is 5.13 Å². The van der Waals surface area contributed by atoms with Crippen LogP contribution in [0.3, 0.4) is 0 Å². The van der Waals surface area contributed by atoms with Gasteiger partial charge in [-0.05, 0) is 24.6 Å². The van der Waals surface area contributed by atoms with Gasteiger partial charge in [0.25, 0.3) is 0 Å². The van der Waals surface area contributed by atoms with Crippen LogP contribution in [0.25, 0.3) is 0 Å². The highest BCUT2D eigenvalue weighted by Crippen LogP contribution is 2.23. The number of anilines is 1. The Morgan fingerprint density at radius 3 is 3.22 bits per heavy atom. The van der Waals surface area contributed by atoms with Crippen LogP contribution in [-0.2, 0) is 16.0 Å². The van der Waals surface area contributed by atoms with Crippen molar-refractivity contribution in [3.63, 3.8) is 0 Å². The van der Waals surface area contributed by atoms with E-state index in [4.69, 9.17) is 4.74 Å². The summed E-state index contributed by atoms with van der Waals surface area (Å²) in [6.45, 7) is 3.23. The van der Waals surface area contributed by atoms with Gasteiger partial charge < -0.3 is 15.4 Å². The highest BCUT2D eigenvalue weighted by Gasteiger charge is 2.28. The molecule has 7 heteroatoms. The number of amides is 1. The third kappa shape index (κ3) is 4.38. The topological polar surface area (TPSA) is 63.2 Å². The van der Waals surface area contributed by atoms with Crippen LogP contribution in [-0.4, -0.2) is 36.2 Å². The molecule has 2 N–H and O–H groups in total. The van der Waals surface area contributed by atoms with Crippen molar-refractivity contribution in [3.05, 3.63) is 45.4 Å². The van der Waals surface area contributed by atoms with Crippen molar-refractivity contribution < 1.29 is 9.53 Å². The highest BCUT2D eigenvalue weighted by atomic mass is 79.9. The van der Waals surface area contributed by atoms with Gasteiger partial charge in [0.1, 0.15) is 6.04 Å². The minimum absolute atomic E-state index is 0.0967. The van der Waals surface area contributed by atoms with Crippen molar-refractivity contribution >= 4 is 38.3 Å². The van der Waals surface area contributed by atoms with Crippen LogP contribution >= 0.6 is 27.3 Å². The molecule has 3 rings (SSSR count). The minimum Gasteiger partial charge on any atom is -0.375 e. The first-order chi connectivity index (χ1) is 11.1. The number of aromatic nitrogens is 1. The van der Waals surface area contributed by atoms with Gasteiger partial charge in [0.15, 0.2) is 5.13 Å². The number of carbonyl (C=O) groups is 1. The standard InChI is InChI=1S/C16H18BrN3O2S/c1-10-14(18-5-6-22-10)15(21)20-16-19-9-13(23-16)8-11-3-2-4-12(17)7-11/h2-4,7,9-10,14,18H,5-6,8H2,1H3,(H,19,20,21)/t10-,14+/m1/s1. The maximum absolute atomic E-state index is 12.3. The van der Waals surface area contributed by atoms with Crippen molar-refractivity contribution in [2.24, 2.45) is 0 Å². The number of nitrogens with zero attached hydrogens (tertiary/aromatic N) is 1. The second-order valence-corrected chi connectivity index (χ2v) is 7.47. The molecule has 2 heterocycles. The fourth-order valence-electron chi connectivity index (χ4n) is 2.51. The quantitative estimate of drug-likeness (QED) is 0.835. The SMILES string of the molecule is C[C@H]1OCCN[C@@H]1C(=O)Nc1ncc(Cc2cccc(Br)c2)s1. The molecule has 5 nitrogen and oxygen atoms in total. The Balaban J connectivity index is 1.61. The van der Waals surface area contributed by atoms with Crippen LogP contribution < -0.4 is 10.6 Å². The normalized spacial score (nSPS) is 21.1. The maximum Gasteiger partial charge on any atom is 0.245 e. The number of rotatable bonds is 4. The number of nitrogens with one attached hydrogen (secondary N) is 2. The molecule has 1 fully saturated rings. The summed E-state index contributed by atoms with van der Waals surface area (Å²) in [6.07, 6.45) is 2.48. The first-order valence-corrected chi connectivity index (χ1v) is 9.08. The minimum atomic E-state index is -0.332. The third-order valence-electron chi connectivity index (χ3n) is 3.65. The zero-order chi connectivity index (χ0) is 16.2. The van der Waals surface area contributed by atoms with Crippen LogP contribution in [0.5, 0.6) is 0 Å². The number of benzene rings is 1. The molecule has 23 heavy (non-hydrogen) atoms. The molecular weight excluding hydrogens is 378 g/mol. The highest BCUT2D eigenvalue weighted by molar-refractivity contribution is 9.10. The number of morpholine rings is 1. The van der Waals surface area contributed by atoms with E-state index < -0.39 is 0 Å². The largest absolute Gasteiger partial charge is 0.375 e.